The van der Waals surface area contributed by atoms with Crippen molar-refractivity contribution in [1.29, 1.82) is 0 Å². The van der Waals surface area contributed by atoms with Crippen LogP contribution in [0.3, 0.4) is 0 Å². The molecule has 21 heavy (non-hydrogen) atoms. The van der Waals surface area contributed by atoms with Gasteiger partial charge in [-0.3, -0.25) is 4.90 Å². The number of hydrogen-bond donors (Lipinski definition) is 1. The number of halogens is 3. The third kappa shape index (κ3) is 4.55. The van der Waals surface area contributed by atoms with Gasteiger partial charge in [-0.05, 0) is 6.42 Å². The standard InChI is InChI=1S/C13H20F3N3OS/c1-2-3-10-11(8-20)21-12(17-10)19-6-4-18(5-7-19)9-13(14,15)16/h20H,2-9H2,1H3. The molecule has 1 aliphatic rings. The summed E-state index contributed by atoms with van der Waals surface area (Å²) in [6.45, 7) is 3.03. The molecule has 0 amide bonds. The maximum atomic E-state index is 12.4. The van der Waals surface area contributed by atoms with Crippen LogP contribution in [0, 0.1) is 0 Å². The monoisotopic (exact) mass is 323 g/mol. The Labute approximate surface area is 126 Å². The van der Waals surface area contributed by atoms with Crippen LogP contribution in [0.25, 0.3) is 0 Å². The summed E-state index contributed by atoms with van der Waals surface area (Å²) in [7, 11) is 0. The van der Waals surface area contributed by atoms with E-state index in [1.54, 1.807) is 0 Å². The molecule has 0 radical (unpaired) electrons. The van der Waals surface area contributed by atoms with Gasteiger partial charge in [0.05, 0.1) is 23.7 Å². The molecule has 2 heterocycles. The van der Waals surface area contributed by atoms with Gasteiger partial charge in [0.25, 0.3) is 0 Å². The first-order valence-electron chi connectivity index (χ1n) is 7.06. The lowest BCUT2D eigenvalue weighted by Crippen LogP contribution is -2.49. The fourth-order valence-corrected chi connectivity index (χ4v) is 3.43. The first kappa shape index (κ1) is 16.5. The molecule has 1 aromatic rings. The second-order valence-electron chi connectivity index (χ2n) is 5.15. The van der Waals surface area contributed by atoms with Crippen LogP contribution in [0.4, 0.5) is 18.3 Å². The molecular weight excluding hydrogens is 303 g/mol. The number of aliphatic hydroxyl groups is 1. The van der Waals surface area contributed by atoms with Gasteiger partial charge in [0.2, 0.25) is 0 Å². The first-order chi connectivity index (χ1) is 9.93. The lowest BCUT2D eigenvalue weighted by Gasteiger charge is -2.34. The lowest BCUT2D eigenvalue weighted by atomic mass is 10.2. The lowest BCUT2D eigenvalue weighted by molar-refractivity contribution is -0.146. The van der Waals surface area contributed by atoms with Crippen LogP contribution >= 0.6 is 11.3 Å². The third-order valence-electron chi connectivity index (χ3n) is 3.44. The minimum absolute atomic E-state index is 0.0267. The smallest absolute Gasteiger partial charge is 0.391 e. The maximum Gasteiger partial charge on any atom is 0.401 e. The predicted octanol–water partition coefficient (Wildman–Crippen LogP) is 2.27. The van der Waals surface area contributed by atoms with Gasteiger partial charge in [0.1, 0.15) is 0 Å². The summed E-state index contributed by atoms with van der Waals surface area (Å²) in [4.78, 5) is 8.83. The van der Waals surface area contributed by atoms with Crippen molar-refractivity contribution in [3.05, 3.63) is 10.6 Å². The van der Waals surface area contributed by atoms with Gasteiger partial charge in [0, 0.05) is 26.2 Å². The van der Waals surface area contributed by atoms with Gasteiger partial charge in [0.15, 0.2) is 5.13 Å². The van der Waals surface area contributed by atoms with E-state index >= 15 is 0 Å². The first-order valence-corrected chi connectivity index (χ1v) is 7.88. The Morgan fingerprint density at radius 1 is 1.24 bits per heavy atom. The second kappa shape index (κ2) is 6.93. The van der Waals surface area contributed by atoms with Gasteiger partial charge >= 0.3 is 6.18 Å². The SMILES string of the molecule is CCCc1nc(N2CCN(CC(F)(F)F)CC2)sc1CO. The number of alkyl halides is 3. The molecule has 1 saturated heterocycles. The number of thiazole rings is 1. The van der Waals surface area contributed by atoms with Crippen molar-refractivity contribution in [3.63, 3.8) is 0 Å². The molecule has 0 saturated carbocycles. The number of aryl methyl sites for hydroxylation is 1. The molecule has 1 aliphatic heterocycles. The van der Waals surface area contributed by atoms with E-state index in [1.807, 2.05) is 4.90 Å². The molecule has 1 N–H and O–H groups in total. The summed E-state index contributed by atoms with van der Waals surface area (Å²) in [5.74, 6) is 0. The normalized spacial score (nSPS) is 17.5. The second-order valence-corrected chi connectivity index (χ2v) is 6.21. The van der Waals surface area contributed by atoms with E-state index in [0.29, 0.717) is 26.2 Å². The quantitative estimate of drug-likeness (QED) is 0.902. The van der Waals surface area contributed by atoms with Crippen LogP contribution < -0.4 is 4.90 Å². The number of anilines is 1. The molecule has 0 bridgehead atoms. The minimum atomic E-state index is -4.14. The fourth-order valence-electron chi connectivity index (χ4n) is 2.41. The van der Waals surface area contributed by atoms with Crippen LogP contribution in [0.5, 0.6) is 0 Å². The van der Waals surface area contributed by atoms with Crippen LogP contribution in [-0.2, 0) is 13.0 Å². The molecule has 0 atom stereocenters. The molecule has 120 valence electrons. The van der Waals surface area contributed by atoms with Gasteiger partial charge in [-0.15, -0.1) is 0 Å². The minimum Gasteiger partial charge on any atom is -0.391 e. The zero-order valence-electron chi connectivity index (χ0n) is 12.0. The highest BCUT2D eigenvalue weighted by Gasteiger charge is 2.32. The third-order valence-corrected chi connectivity index (χ3v) is 4.59. The molecule has 1 aromatic heterocycles. The molecular formula is C13H20F3N3OS. The number of piperazine rings is 1. The Hall–Kier alpha value is -0.860. The molecule has 0 unspecified atom stereocenters. The molecule has 8 heteroatoms. The van der Waals surface area contributed by atoms with E-state index in [1.165, 1.54) is 16.2 Å². The summed E-state index contributed by atoms with van der Waals surface area (Å²) in [6.07, 6.45) is -2.36. The van der Waals surface area contributed by atoms with Crippen molar-refractivity contribution < 1.29 is 18.3 Å². The van der Waals surface area contributed by atoms with Crippen molar-refractivity contribution >= 4 is 16.5 Å². The molecule has 0 aliphatic carbocycles. The van der Waals surface area contributed by atoms with Gasteiger partial charge in [-0.1, -0.05) is 24.7 Å². The van der Waals surface area contributed by atoms with Crippen molar-refractivity contribution in [2.24, 2.45) is 0 Å². The fraction of sp³-hybridized carbons (Fsp3) is 0.769. The van der Waals surface area contributed by atoms with E-state index in [2.05, 4.69) is 11.9 Å². The highest BCUT2D eigenvalue weighted by molar-refractivity contribution is 7.15. The van der Waals surface area contributed by atoms with Crippen molar-refractivity contribution in [1.82, 2.24) is 9.88 Å². The maximum absolute atomic E-state index is 12.4. The van der Waals surface area contributed by atoms with Crippen LogP contribution in [0.1, 0.15) is 23.9 Å². The summed E-state index contributed by atoms with van der Waals surface area (Å²) in [6, 6.07) is 0. The number of aliphatic hydroxyl groups excluding tert-OH is 1. The Balaban J connectivity index is 1.96. The van der Waals surface area contributed by atoms with Crippen molar-refractivity contribution in [2.45, 2.75) is 32.5 Å². The van der Waals surface area contributed by atoms with Gasteiger partial charge in [-0.25, -0.2) is 4.98 Å². The van der Waals surface area contributed by atoms with E-state index in [-0.39, 0.29) is 6.61 Å². The number of aromatic nitrogens is 1. The summed E-state index contributed by atoms with van der Waals surface area (Å²) >= 11 is 1.44. The zero-order chi connectivity index (χ0) is 15.5. The van der Waals surface area contributed by atoms with E-state index < -0.39 is 12.7 Å². The summed E-state index contributed by atoms with van der Waals surface area (Å²) in [5, 5.41) is 10.2. The summed E-state index contributed by atoms with van der Waals surface area (Å²) < 4.78 is 37.1. The van der Waals surface area contributed by atoms with Crippen LogP contribution in [0.15, 0.2) is 0 Å². The summed E-state index contributed by atoms with van der Waals surface area (Å²) in [5.41, 5.74) is 0.915. The number of rotatable bonds is 5. The Morgan fingerprint density at radius 3 is 2.43 bits per heavy atom. The Morgan fingerprint density at radius 2 is 1.90 bits per heavy atom. The van der Waals surface area contributed by atoms with Gasteiger partial charge < -0.3 is 10.0 Å². The van der Waals surface area contributed by atoms with Crippen LogP contribution in [0.2, 0.25) is 0 Å². The average molecular weight is 323 g/mol. The van der Waals surface area contributed by atoms with E-state index in [4.69, 9.17) is 0 Å². The van der Waals surface area contributed by atoms with Gasteiger partial charge in [-0.2, -0.15) is 13.2 Å². The Bertz CT molecular complexity index is 456. The number of hydrogen-bond acceptors (Lipinski definition) is 5. The highest BCUT2D eigenvalue weighted by Crippen LogP contribution is 2.28. The molecule has 1 fully saturated rings. The topological polar surface area (TPSA) is 39.6 Å². The Kier molecular flexibility index (Phi) is 5.45. The molecule has 2 rings (SSSR count). The molecule has 0 spiro atoms. The largest absolute Gasteiger partial charge is 0.401 e. The molecule has 4 nitrogen and oxygen atoms in total. The number of nitrogens with zero attached hydrogens (tertiary/aromatic N) is 3. The van der Waals surface area contributed by atoms with Crippen molar-refractivity contribution in [3.8, 4) is 0 Å². The zero-order valence-corrected chi connectivity index (χ0v) is 12.8. The van der Waals surface area contributed by atoms with E-state index in [0.717, 1.165) is 28.5 Å². The highest BCUT2D eigenvalue weighted by atomic mass is 32.1. The van der Waals surface area contributed by atoms with Crippen LogP contribution in [-0.4, -0.2) is 53.9 Å². The van der Waals surface area contributed by atoms with E-state index in [9.17, 15) is 18.3 Å². The average Bonchev–Trinajstić information content (AvgIpc) is 2.81. The predicted molar refractivity (Wildman–Crippen MR) is 76.7 cm³/mol. The molecule has 0 aromatic carbocycles. The van der Waals surface area contributed by atoms with Crippen molar-refractivity contribution in [2.75, 3.05) is 37.6 Å².